The molecule has 0 fully saturated rings. The van der Waals surface area contributed by atoms with E-state index in [9.17, 15) is 31.1 Å². The molecule has 0 radical (unpaired) electrons. The molecule has 7 nitrogen and oxygen atoms in total. The molecule has 0 saturated carbocycles. The Bertz CT molecular complexity index is 1390. The molecule has 0 spiro atoms. The highest BCUT2D eigenvalue weighted by Crippen LogP contribution is 2.32. The van der Waals surface area contributed by atoms with Gasteiger partial charge in [0.1, 0.15) is 34.8 Å². The molecule has 1 amide bonds. The normalized spacial score (nSPS) is 11.6. The highest BCUT2D eigenvalue weighted by atomic mass is 19.4. The summed E-state index contributed by atoms with van der Waals surface area (Å²) in [5.41, 5.74) is -0.999. The van der Waals surface area contributed by atoms with Gasteiger partial charge in [-0.15, -0.1) is 0 Å². The van der Waals surface area contributed by atoms with Crippen molar-refractivity contribution in [2.24, 2.45) is 0 Å². The Labute approximate surface area is 193 Å². The van der Waals surface area contributed by atoms with Gasteiger partial charge in [-0.2, -0.15) is 18.3 Å². The van der Waals surface area contributed by atoms with Crippen LogP contribution >= 0.6 is 0 Å². The molecule has 0 aliphatic heterocycles. The molecule has 182 valence electrons. The molecule has 13 heteroatoms. The second-order valence-electron chi connectivity index (χ2n) is 7.55. The van der Waals surface area contributed by atoms with Crippen LogP contribution in [0.25, 0.3) is 11.0 Å². The topological polar surface area (TPSA) is 95.6 Å². The van der Waals surface area contributed by atoms with Crippen molar-refractivity contribution in [3.8, 4) is 0 Å². The molecule has 0 aliphatic rings. The minimum atomic E-state index is -4.88. The molecule has 0 aliphatic carbocycles. The van der Waals surface area contributed by atoms with E-state index in [4.69, 9.17) is 0 Å². The monoisotopic (exact) mass is 494 g/mol. The van der Waals surface area contributed by atoms with Crippen molar-refractivity contribution in [1.29, 1.82) is 0 Å². The Morgan fingerprint density at radius 3 is 2.37 bits per heavy atom. The Hall–Kier alpha value is -4.16. The number of alkyl halides is 3. The second-order valence-corrected chi connectivity index (χ2v) is 7.55. The van der Waals surface area contributed by atoms with Gasteiger partial charge in [-0.3, -0.25) is 9.89 Å². The van der Waals surface area contributed by atoms with Crippen molar-refractivity contribution in [2.75, 3.05) is 5.32 Å². The van der Waals surface area contributed by atoms with Crippen molar-refractivity contribution < 1.29 is 31.1 Å². The SMILES string of the molecule is Cc1c(F)cc(CNc2n[nH]c3c(C(=O)NCc4ccc(F)c(C(F)(F)F)c4)ncnc23)cc1F. The van der Waals surface area contributed by atoms with Crippen LogP contribution in [0.15, 0.2) is 36.7 Å². The molecular weight excluding hydrogens is 478 g/mol. The third kappa shape index (κ3) is 5.03. The summed E-state index contributed by atoms with van der Waals surface area (Å²) in [5, 5.41) is 11.9. The number of hydrogen-bond acceptors (Lipinski definition) is 5. The zero-order valence-electron chi connectivity index (χ0n) is 17.9. The van der Waals surface area contributed by atoms with Crippen LogP contribution in [0.2, 0.25) is 0 Å². The minimum Gasteiger partial charge on any atom is -0.363 e. The van der Waals surface area contributed by atoms with Gasteiger partial charge in [-0.05, 0) is 42.3 Å². The van der Waals surface area contributed by atoms with Crippen LogP contribution in [-0.4, -0.2) is 26.1 Å². The first-order valence-electron chi connectivity index (χ1n) is 10.1. The summed E-state index contributed by atoms with van der Waals surface area (Å²) in [4.78, 5) is 20.6. The van der Waals surface area contributed by atoms with Gasteiger partial charge in [0.15, 0.2) is 11.5 Å². The fourth-order valence-corrected chi connectivity index (χ4v) is 3.28. The predicted octanol–water partition coefficient (Wildman–Crippen LogP) is 4.64. The Morgan fingerprint density at radius 2 is 1.69 bits per heavy atom. The molecule has 0 bridgehead atoms. The molecule has 0 unspecified atom stereocenters. The number of anilines is 1. The molecule has 2 aromatic heterocycles. The predicted molar refractivity (Wildman–Crippen MR) is 113 cm³/mol. The summed E-state index contributed by atoms with van der Waals surface area (Å²) in [6.45, 7) is 1.00. The van der Waals surface area contributed by atoms with Crippen molar-refractivity contribution in [1.82, 2.24) is 25.5 Å². The summed E-state index contributed by atoms with van der Waals surface area (Å²) in [6.07, 6.45) is -3.79. The van der Waals surface area contributed by atoms with Gasteiger partial charge in [0.25, 0.3) is 5.91 Å². The van der Waals surface area contributed by atoms with Crippen LogP contribution in [0.5, 0.6) is 0 Å². The number of fused-ring (bicyclic) bond motifs is 1. The average molecular weight is 494 g/mol. The quantitative estimate of drug-likeness (QED) is 0.340. The lowest BCUT2D eigenvalue weighted by Crippen LogP contribution is -2.24. The zero-order chi connectivity index (χ0) is 25.3. The molecule has 4 aromatic rings. The lowest BCUT2D eigenvalue weighted by Gasteiger charge is -2.11. The van der Waals surface area contributed by atoms with Crippen molar-refractivity contribution in [3.05, 3.63) is 82.1 Å². The largest absolute Gasteiger partial charge is 0.419 e. The standard InChI is InChI=1S/C22H16F6N6O/c1-10-15(24)5-12(6-16(10)25)8-29-20-18-17(33-34-20)19(32-9-31-18)21(35)30-7-11-2-3-14(23)13(4-11)22(26,27)28/h2-6,9H,7-8H2,1H3,(H,30,35)(H2,29,33,34). The second kappa shape index (κ2) is 9.24. The molecule has 0 atom stereocenters. The number of benzene rings is 2. The van der Waals surface area contributed by atoms with Gasteiger partial charge in [0.05, 0.1) is 5.56 Å². The highest BCUT2D eigenvalue weighted by molar-refractivity contribution is 6.04. The molecular formula is C22H16F6N6O. The maximum atomic E-state index is 13.8. The number of carbonyl (C=O) groups excluding carboxylic acids is 1. The van der Waals surface area contributed by atoms with Gasteiger partial charge in [0.2, 0.25) is 0 Å². The number of rotatable bonds is 6. The summed E-state index contributed by atoms with van der Waals surface area (Å²) >= 11 is 0. The average Bonchev–Trinajstić information content (AvgIpc) is 3.22. The lowest BCUT2D eigenvalue weighted by molar-refractivity contribution is -0.140. The first-order valence-corrected chi connectivity index (χ1v) is 10.1. The molecule has 0 saturated heterocycles. The number of amides is 1. The van der Waals surface area contributed by atoms with Crippen molar-refractivity contribution in [3.63, 3.8) is 0 Å². The first kappa shape index (κ1) is 24.0. The number of halogens is 6. The van der Waals surface area contributed by atoms with Crippen LogP contribution < -0.4 is 10.6 Å². The van der Waals surface area contributed by atoms with Gasteiger partial charge < -0.3 is 10.6 Å². The smallest absolute Gasteiger partial charge is 0.363 e. The van der Waals surface area contributed by atoms with Crippen molar-refractivity contribution >= 4 is 22.8 Å². The number of aromatic nitrogens is 4. The molecule has 35 heavy (non-hydrogen) atoms. The maximum Gasteiger partial charge on any atom is 0.419 e. The number of aromatic amines is 1. The lowest BCUT2D eigenvalue weighted by atomic mass is 10.1. The first-order chi connectivity index (χ1) is 16.5. The van der Waals surface area contributed by atoms with Gasteiger partial charge in [-0.1, -0.05) is 6.07 Å². The number of nitrogens with one attached hydrogen (secondary N) is 3. The van der Waals surface area contributed by atoms with E-state index in [0.29, 0.717) is 17.7 Å². The van der Waals surface area contributed by atoms with E-state index >= 15 is 0 Å². The number of H-pyrrole nitrogens is 1. The van der Waals surface area contributed by atoms with Crippen LogP contribution in [0.4, 0.5) is 32.2 Å². The fraction of sp³-hybridized carbons (Fsp3) is 0.182. The van der Waals surface area contributed by atoms with Crippen LogP contribution in [0.3, 0.4) is 0 Å². The van der Waals surface area contributed by atoms with Crippen LogP contribution in [0, 0.1) is 24.4 Å². The third-order valence-corrected chi connectivity index (χ3v) is 5.16. The molecule has 3 N–H and O–H groups in total. The van der Waals surface area contributed by atoms with Crippen LogP contribution in [-0.2, 0) is 19.3 Å². The zero-order valence-corrected chi connectivity index (χ0v) is 17.9. The molecule has 2 heterocycles. The summed E-state index contributed by atoms with van der Waals surface area (Å²) in [6, 6.07) is 4.75. The summed E-state index contributed by atoms with van der Waals surface area (Å²) in [5.74, 6) is -3.37. The maximum absolute atomic E-state index is 13.8. The van der Waals surface area contributed by atoms with E-state index in [1.807, 2.05) is 0 Å². The number of nitrogens with zero attached hydrogens (tertiary/aromatic N) is 3. The Morgan fingerprint density at radius 1 is 0.971 bits per heavy atom. The highest BCUT2D eigenvalue weighted by Gasteiger charge is 2.34. The summed E-state index contributed by atoms with van der Waals surface area (Å²) < 4.78 is 79.7. The fourth-order valence-electron chi connectivity index (χ4n) is 3.28. The van der Waals surface area contributed by atoms with Gasteiger partial charge >= 0.3 is 6.18 Å². The van der Waals surface area contributed by atoms with Crippen LogP contribution in [0.1, 0.15) is 32.7 Å². The van der Waals surface area contributed by atoms with E-state index in [1.165, 1.54) is 19.1 Å². The minimum absolute atomic E-state index is 0.00567. The van der Waals surface area contributed by atoms with E-state index in [-0.39, 0.29) is 46.8 Å². The van der Waals surface area contributed by atoms with E-state index < -0.39 is 35.1 Å². The molecule has 4 rings (SSSR count). The van der Waals surface area contributed by atoms with E-state index in [1.54, 1.807) is 0 Å². The Kier molecular flexibility index (Phi) is 6.33. The number of hydrogen-bond donors (Lipinski definition) is 3. The number of carbonyl (C=O) groups is 1. The van der Waals surface area contributed by atoms with Crippen molar-refractivity contribution in [2.45, 2.75) is 26.2 Å². The van der Waals surface area contributed by atoms with E-state index in [2.05, 4.69) is 30.8 Å². The van der Waals surface area contributed by atoms with Gasteiger partial charge in [-0.25, -0.2) is 23.1 Å². The summed E-state index contributed by atoms with van der Waals surface area (Å²) in [7, 11) is 0. The third-order valence-electron chi connectivity index (χ3n) is 5.16. The van der Waals surface area contributed by atoms with Gasteiger partial charge in [0, 0.05) is 18.7 Å². The Balaban J connectivity index is 1.49. The molecule has 2 aromatic carbocycles. The van der Waals surface area contributed by atoms with E-state index in [0.717, 1.165) is 12.4 Å².